The van der Waals surface area contributed by atoms with E-state index in [-0.39, 0.29) is 0 Å². The molecule has 0 spiro atoms. The number of nitrogens with zero attached hydrogens (tertiary/aromatic N) is 3. The number of rotatable bonds is 3. The van der Waals surface area contributed by atoms with Crippen molar-refractivity contribution in [1.82, 2.24) is 20.3 Å². The average molecular weight is 254 g/mol. The van der Waals surface area contributed by atoms with Gasteiger partial charge in [-0.15, -0.1) is 0 Å². The highest BCUT2D eigenvalue weighted by molar-refractivity contribution is 5.32. The molecule has 98 valence electrons. The van der Waals surface area contributed by atoms with Crippen LogP contribution in [-0.4, -0.2) is 15.0 Å². The maximum Gasteiger partial charge on any atom is 0.133 e. The Kier molecular flexibility index (Phi) is 3.25. The summed E-state index contributed by atoms with van der Waals surface area (Å²) in [6.45, 7) is 6.15. The fraction of sp³-hybridized carbons (Fsp3) is 0.400. The van der Waals surface area contributed by atoms with E-state index in [4.69, 9.17) is 9.97 Å². The second-order valence-corrected chi connectivity index (χ2v) is 5.24. The van der Waals surface area contributed by atoms with Crippen molar-refractivity contribution >= 4 is 0 Å². The molecule has 1 N–H and O–H groups in total. The van der Waals surface area contributed by atoms with Gasteiger partial charge in [0.1, 0.15) is 5.82 Å². The molecule has 4 heteroatoms. The summed E-state index contributed by atoms with van der Waals surface area (Å²) in [6.07, 6.45) is 4.40. The molecule has 1 aliphatic heterocycles. The van der Waals surface area contributed by atoms with Crippen LogP contribution in [-0.2, 0) is 19.5 Å². The molecule has 0 aromatic carbocycles. The molecule has 0 atom stereocenters. The predicted octanol–water partition coefficient (Wildman–Crippen LogP) is 2.19. The van der Waals surface area contributed by atoms with E-state index in [9.17, 15) is 0 Å². The van der Waals surface area contributed by atoms with E-state index >= 15 is 0 Å². The first-order valence-corrected chi connectivity index (χ1v) is 6.72. The standard InChI is InChI=1S/C15H18N4/c1-10(2)15-12-8-17-9-13(12)18-14(19-15)7-11-3-5-16-6-4-11/h3-6,10,17H,7-9H2,1-2H3. The zero-order valence-electron chi connectivity index (χ0n) is 11.3. The van der Waals surface area contributed by atoms with Crippen molar-refractivity contribution in [3.05, 3.63) is 52.9 Å². The van der Waals surface area contributed by atoms with E-state index < -0.39 is 0 Å². The van der Waals surface area contributed by atoms with Gasteiger partial charge in [-0.1, -0.05) is 13.8 Å². The largest absolute Gasteiger partial charge is 0.307 e. The van der Waals surface area contributed by atoms with Crippen LogP contribution in [0.25, 0.3) is 0 Å². The molecule has 0 amide bonds. The smallest absolute Gasteiger partial charge is 0.133 e. The van der Waals surface area contributed by atoms with Gasteiger partial charge < -0.3 is 5.32 Å². The molecule has 0 saturated heterocycles. The van der Waals surface area contributed by atoms with Crippen molar-refractivity contribution in [2.45, 2.75) is 39.3 Å². The fourth-order valence-corrected chi connectivity index (χ4v) is 2.49. The number of pyridine rings is 1. The summed E-state index contributed by atoms with van der Waals surface area (Å²) in [7, 11) is 0. The Hall–Kier alpha value is -1.81. The fourth-order valence-electron chi connectivity index (χ4n) is 2.49. The lowest BCUT2D eigenvalue weighted by atomic mass is 10.0. The second kappa shape index (κ2) is 5.05. The molecule has 1 aliphatic rings. The van der Waals surface area contributed by atoms with Gasteiger partial charge >= 0.3 is 0 Å². The molecule has 0 bridgehead atoms. The normalized spacial score (nSPS) is 13.8. The van der Waals surface area contributed by atoms with Crippen molar-refractivity contribution in [2.24, 2.45) is 0 Å². The minimum Gasteiger partial charge on any atom is -0.307 e. The van der Waals surface area contributed by atoms with Crippen LogP contribution in [0.1, 0.15) is 48.1 Å². The van der Waals surface area contributed by atoms with Crippen LogP contribution in [0.4, 0.5) is 0 Å². The van der Waals surface area contributed by atoms with Crippen LogP contribution < -0.4 is 5.32 Å². The maximum atomic E-state index is 4.77. The summed E-state index contributed by atoms with van der Waals surface area (Å²) in [5, 5.41) is 3.36. The Morgan fingerprint density at radius 1 is 1.16 bits per heavy atom. The Morgan fingerprint density at radius 3 is 2.68 bits per heavy atom. The highest BCUT2D eigenvalue weighted by Gasteiger charge is 2.20. The Balaban J connectivity index is 1.97. The molecule has 19 heavy (non-hydrogen) atoms. The monoisotopic (exact) mass is 254 g/mol. The van der Waals surface area contributed by atoms with Gasteiger partial charge in [-0.2, -0.15) is 0 Å². The summed E-state index contributed by atoms with van der Waals surface area (Å²) in [5.41, 5.74) is 4.87. The number of nitrogens with one attached hydrogen (secondary N) is 1. The van der Waals surface area contributed by atoms with Crippen LogP contribution in [0, 0.1) is 0 Å². The lowest BCUT2D eigenvalue weighted by molar-refractivity contribution is 0.745. The van der Waals surface area contributed by atoms with Gasteiger partial charge in [-0.25, -0.2) is 9.97 Å². The van der Waals surface area contributed by atoms with Crippen molar-refractivity contribution < 1.29 is 0 Å². The molecule has 0 saturated carbocycles. The SMILES string of the molecule is CC(C)c1nc(Cc2ccncc2)nc2c1CNC2. The van der Waals surface area contributed by atoms with Crippen LogP contribution in [0.5, 0.6) is 0 Å². The van der Waals surface area contributed by atoms with Gasteiger partial charge in [0.15, 0.2) is 0 Å². The lowest BCUT2D eigenvalue weighted by Crippen LogP contribution is -2.08. The molecule has 4 nitrogen and oxygen atoms in total. The number of aromatic nitrogens is 3. The molecular weight excluding hydrogens is 236 g/mol. The van der Waals surface area contributed by atoms with Gasteiger partial charge in [0.2, 0.25) is 0 Å². The minimum atomic E-state index is 0.438. The van der Waals surface area contributed by atoms with Crippen LogP contribution >= 0.6 is 0 Å². The third-order valence-corrected chi connectivity index (χ3v) is 3.42. The van der Waals surface area contributed by atoms with E-state index in [1.807, 2.05) is 24.5 Å². The summed E-state index contributed by atoms with van der Waals surface area (Å²) in [5.74, 6) is 1.35. The first kappa shape index (κ1) is 12.2. The number of hydrogen-bond acceptors (Lipinski definition) is 4. The molecular formula is C15H18N4. The van der Waals surface area contributed by atoms with Crippen molar-refractivity contribution in [3.63, 3.8) is 0 Å². The third-order valence-electron chi connectivity index (χ3n) is 3.42. The van der Waals surface area contributed by atoms with E-state index in [0.717, 1.165) is 25.3 Å². The molecule has 3 rings (SSSR count). The van der Waals surface area contributed by atoms with E-state index in [2.05, 4.69) is 24.1 Å². The molecule has 2 aromatic heterocycles. The maximum absolute atomic E-state index is 4.77. The molecule has 0 radical (unpaired) electrons. The van der Waals surface area contributed by atoms with Crippen LogP contribution in [0.15, 0.2) is 24.5 Å². The average Bonchev–Trinajstić information content (AvgIpc) is 2.87. The first-order chi connectivity index (χ1) is 9.24. The summed E-state index contributed by atoms with van der Waals surface area (Å²) in [6, 6.07) is 4.04. The van der Waals surface area contributed by atoms with E-state index in [0.29, 0.717) is 5.92 Å². The zero-order valence-corrected chi connectivity index (χ0v) is 11.3. The van der Waals surface area contributed by atoms with Crippen molar-refractivity contribution in [1.29, 1.82) is 0 Å². The van der Waals surface area contributed by atoms with Gasteiger partial charge in [-0.3, -0.25) is 4.98 Å². The Bertz CT molecular complexity index is 578. The topological polar surface area (TPSA) is 50.7 Å². The van der Waals surface area contributed by atoms with Gasteiger partial charge in [0, 0.05) is 37.5 Å². The summed E-state index contributed by atoms with van der Waals surface area (Å²) < 4.78 is 0. The molecule has 0 fully saturated rings. The number of fused-ring (bicyclic) bond motifs is 1. The molecule has 2 aromatic rings. The molecule has 0 aliphatic carbocycles. The van der Waals surface area contributed by atoms with E-state index in [1.54, 1.807) is 0 Å². The van der Waals surface area contributed by atoms with Crippen LogP contribution in [0.3, 0.4) is 0 Å². The minimum absolute atomic E-state index is 0.438. The third kappa shape index (κ3) is 2.49. The predicted molar refractivity (Wildman–Crippen MR) is 73.7 cm³/mol. The molecule has 3 heterocycles. The van der Waals surface area contributed by atoms with Crippen molar-refractivity contribution in [3.8, 4) is 0 Å². The van der Waals surface area contributed by atoms with Gasteiger partial charge in [-0.05, 0) is 23.6 Å². The van der Waals surface area contributed by atoms with Gasteiger partial charge in [0.05, 0.1) is 11.4 Å². The van der Waals surface area contributed by atoms with Crippen molar-refractivity contribution in [2.75, 3.05) is 0 Å². The lowest BCUT2D eigenvalue weighted by Gasteiger charge is -2.12. The second-order valence-electron chi connectivity index (χ2n) is 5.24. The summed E-state index contributed by atoms with van der Waals surface area (Å²) in [4.78, 5) is 13.5. The first-order valence-electron chi connectivity index (χ1n) is 6.72. The van der Waals surface area contributed by atoms with Crippen LogP contribution in [0.2, 0.25) is 0 Å². The van der Waals surface area contributed by atoms with Gasteiger partial charge in [0.25, 0.3) is 0 Å². The Labute approximate surface area is 113 Å². The highest BCUT2D eigenvalue weighted by Crippen LogP contribution is 2.24. The Morgan fingerprint density at radius 2 is 1.95 bits per heavy atom. The zero-order chi connectivity index (χ0) is 13.2. The summed E-state index contributed by atoms with van der Waals surface area (Å²) >= 11 is 0. The van der Waals surface area contributed by atoms with E-state index in [1.165, 1.54) is 22.5 Å². The molecule has 0 unspecified atom stereocenters. The number of hydrogen-bond donors (Lipinski definition) is 1. The quantitative estimate of drug-likeness (QED) is 0.912. The highest BCUT2D eigenvalue weighted by atomic mass is 15.0.